The predicted molar refractivity (Wildman–Crippen MR) is 59.1 cm³/mol. The van der Waals surface area contributed by atoms with Gasteiger partial charge in [-0.15, -0.1) is 0 Å². The Balaban J connectivity index is 2.34. The van der Waals surface area contributed by atoms with Crippen LogP contribution in [0.4, 0.5) is 10.1 Å². The van der Waals surface area contributed by atoms with Crippen LogP contribution in [-0.2, 0) is 4.79 Å². The first-order valence-corrected chi connectivity index (χ1v) is 5.32. The molecule has 1 aromatic carbocycles. The van der Waals surface area contributed by atoms with Gasteiger partial charge in [0.25, 0.3) is 0 Å². The SMILES string of the molecule is N#Cc1ccc(N2CCC[C@@H]2C(=O)O)c(F)c1. The van der Waals surface area contributed by atoms with Gasteiger partial charge in [0.15, 0.2) is 0 Å². The lowest BCUT2D eigenvalue weighted by Crippen LogP contribution is -2.36. The summed E-state index contributed by atoms with van der Waals surface area (Å²) in [6.45, 7) is 0.528. The fourth-order valence-corrected chi connectivity index (χ4v) is 2.12. The molecule has 4 nitrogen and oxygen atoms in total. The average Bonchev–Trinajstić information content (AvgIpc) is 2.77. The van der Waals surface area contributed by atoms with E-state index in [4.69, 9.17) is 10.4 Å². The van der Waals surface area contributed by atoms with Crippen LogP contribution in [-0.4, -0.2) is 23.7 Å². The topological polar surface area (TPSA) is 64.3 Å². The third-order valence-electron chi connectivity index (χ3n) is 2.92. The van der Waals surface area contributed by atoms with Crippen molar-refractivity contribution < 1.29 is 14.3 Å². The second kappa shape index (κ2) is 4.42. The second-order valence-electron chi connectivity index (χ2n) is 3.97. The molecule has 1 N–H and O–H groups in total. The van der Waals surface area contributed by atoms with Crippen LogP contribution in [0.3, 0.4) is 0 Å². The molecule has 1 saturated heterocycles. The second-order valence-corrected chi connectivity index (χ2v) is 3.97. The summed E-state index contributed by atoms with van der Waals surface area (Å²) in [5, 5.41) is 17.7. The van der Waals surface area contributed by atoms with E-state index in [0.29, 0.717) is 13.0 Å². The Labute approximate surface area is 97.9 Å². The molecular formula is C12H11FN2O2. The number of carboxylic acid groups (broad SMARTS) is 1. The fraction of sp³-hybridized carbons (Fsp3) is 0.333. The van der Waals surface area contributed by atoms with Crippen LogP contribution in [0.5, 0.6) is 0 Å². The maximum atomic E-state index is 13.7. The molecule has 1 fully saturated rings. The highest BCUT2D eigenvalue weighted by Gasteiger charge is 2.31. The Bertz CT molecular complexity index is 496. The van der Waals surface area contributed by atoms with Gasteiger partial charge in [-0.3, -0.25) is 0 Å². The first-order valence-electron chi connectivity index (χ1n) is 5.32. The zero-order valence-corrected chi connectivity index (χ0v) is 9.06. The Morgan fingerprint density at radius 3 is 2.94 bits per heavy atom. The first kappa shape index (κ1) is 11.4. The van der Waals surface area contributed by atoms with Crippen LogP contribution in [0.2, 0.25) is 0 Å². The molecular weight excluding hydrogens is 223 g/mol. The molecule has 17 heavy (non-hydrogen) atoms. The summed E-state index contributed by atoms with van der Waals surface area (Å²) in [6, 6.07) is 5.27. The predicted octanol–water partition coefficient (Wildman–Crippen LogP) is 1.75. The third-order valence-corrected chi connectivity index (χ3v) is 2.92. The molecule has 88 valence electrons. The standard InChI is InChI=1S/C12H11FN2O2/c13-9-6-8(7-14)3-4-10(9)15-5-1-2-11(15)12(16)17/h3-4,6,11H,1-2,5H2,(H,16,17)/t11-/m1/s1. The molecule has 5 heteroatoms. The van der Waals surface area contributed by atoms with Crippen molar-refractivity contribution in [3.63, 3.8) is 0 Å². The van der Waals surface area contributed by atoms with Crippen molar-refractivity contribution in [3.8, 4) is 6.07 Å². The van der Waals surface area contributed by atoms with E-state index in [1.54, 1.807) is 4.90 Å². The summed E-state index contributed by atoms with van der Waals surface area (Å²) < 4.78 is 13.7. The van der Waals surface area contributed by atoms with Crippen molar-refractivity contribution in [1.82, 2.24) is 0 Å². The number of rotatable bonds is 2. The highest BCUT2D eigenvalue weighted by Crippen LogP contribution is 2.28. The maximum Gasteiger partial charge on any atom is 0.326 e. The molecule has 0 spiro atoms. The van der Waals surface area contributed by atoms with Crippen LogP contribution in [0.1, 0.15) is 18.4 Å². The van der Waals surface area contributed by atoms with Crippen molar-refractivity contribution in [2.75, 3.05) is 11.4 Å². The van der Waals surface area contributed by atoms with E-state index >= 15 is 0 Å². The van der Waals surface area contributed by atoms with Crippen LogP contribution in [0.25, 0.3) is 0 Å². The van der Waals surface area contributed by atoms with Crippen molar-refractivity contribution >= 4 is 11.7 Å². The van der Waals surface area contributed by atoms with Crippen molar-refractivity contribution in [2.45, 2.75) is 18.9 Å². The quantitative estimate of drug-likeness (QED) is 0.846. The number of nitriles is 1. The van der Waals surface area contributed by atoms with Gasteiger partial charge >= 0.3 is 5.97 Å². The molecule has 0 amide bonds. The summed E-state index contributed by atoms with van der Waals surface area (Å²) in [5.74, 6) is -1.48. The number of hydrogen-bond acceptors (Lipinski definition) is 3. The first-order chi connectivity index (χ1) is 8.13. The Kier molecular flexibility index (Phi) is 2.96. The molecule has 0 saturated carbocycles. The molecule has 1 aromatic rings. The number of anilines is 1. The third kappa shape index (κ3) is 2.07. The minimum absolute atomic E-state index is 0.234. The number of carboxylic acids is 1. The van der Waals surface area contributed by atoms with Crippen molar-refractivity contribution in [3.05, 3.63) is 29.6 Å². The van der Waals surface area contributed by atoms with Crippen LogP contribution < -0.4 is 4.90 Å². The van der Waals surface area contributed by atoms with Gasteiger partial charge in [0, 0.05) is 6.54 Å². The molecule has 0 aliphatic carbocycles. The Morgan fingerprint density at radius 2 is 2.35 bits per heavy atom. The van der Waals surface area contributed by atoms with E-state index in [0.717, 1.165) is 12.5 Å². The summed E-state index contributed by atoms with van der Waals surface area (Å²) >= 11 is 0. The largest absolute Gasteiger partial charge is 0.480 e. The van der Waals surface area contributed by atoms with Crippen molar-refractivity contribution in [1.29, 1.82) is 5.26 Å². The summed E-state index contributed by atoms with van der Waals surface area (Å²) in [5.41, 5.74) is 0.492. The van der Waals surface area contributed by atoms with E-state index in [1.807, 2.05) is 6.07 Å². The molecule has 1 aliphatic heterocycles. The van der Waals surface area contributed by atoms with E-state index in [9.17, 15) is 9.18 Å². The number of aliphatic carboxylic acids is 1. The molecule has 0 aromatic heterocycles. The molecule has 0 radical (unpaired) electrons. The number of hydrogen-bond donors (Lipinski definition) is 1. The molecule has 0 bridgehead atoms. The van der Waals surface area contributed by atoms with Gasteiger partial charge < -0.3 is 10.0 Å². The van der Waals surface area contributed by atoms with E-state index in [2.05, 4.69) is 0 Å². The average molecular weight is 234 g/mol. The maximum absolute atomic E-state index is 13.7. The van der Waals surface area contributed by atoms with Gasteiger partial charge in [-0.25, -0.2) is 9.18 Å². The summed E-state index contributed by atoms with van der Waals surface area (Å²) in [7, 11) is 0. The van der Waals surface area contributed by atoms with Gasteiger partial charge in [-0.2, -0.15) is 5.26 Å². The highest BCUT2D eigenvalue weighted by molar-refractivity contribution is 5.79. The smallest absolute Gasteiger partial charge is 0.326 e. The number of nitrogens with zero attached hydrogens (tertiary/aromatic N) is 2. The lowest BCUT2D eigenvalue weighted by Gasteiger charge is -2.24. The van der Waals surface area contributed by atoms with Crippen molar-refractivity contribution in [2.24, 2.45) is 0 Å². The minimum atomic E-state index is -0.939. The summed E-state index contributed by atoms with van der Waals surface area (Å²) in [6.07, 6.45) is 1.26. The van der Waals surface area contributed by atoms with E-state index < -0.39 is 17.8 Å². The minimum Gasteiger partial charge on any atom is -0.480 e. The lowest BCUT2D eigenvalue weighted by molar-refractivity contribution is -0.138. The highest BCUT2D eigenvalue weighted by atomic mass is 19.1. The van der Waals surface area contributed by atoms with Crippen LogP contribution in [0.15, 0.2) is 18.2 Å². The van der Waals surface area contributed by atoms with Crippen LogP contribution >= 0.6 is 0 Å². The Hall–Kier alpha value is -2.09. The summed E-state index contributed by atoms with van der Waals surface area (Å²) in [4.78, 5) is 12.5. The van der Waals surface area contributed by atoms with Crippen LogP contribution in [0, 0.1) is 17.1 Å². The van der Waals surface area contributed by atoms with Gasteiger partial charge in [0.1, 0.15) is 11.9 Å². The van der Waals surface area contributed by atoms with Gasteiger partial charge in [-0.05, 0) is 31.0 Å². The Morgan fingerprint density at radius 1 is 1.59 bits per heavy atom. The van der Waals surface area contributed by atoms with Gasteiger partial charge in [0.05, 0.1) is 17.3 Å². The molecule has 1 aliphatic rings. The molecule has 1 heterocycles. The normalized spacial score (nSPS) is 19.1. The van der Waals surface area contributed by atoms with Gasteiger partial charge in [-0.1, -0.05) is 0 Å². The number of halogens is 1. The zero-order valence-electron chi connectivity index (χ0n) is 9.06. The molecule has 2 rings (SSSR count). The monoisotopic (exact) mass is 234 g/mol. The number of benzene rings is 1. The van der Waals surface area contributed by atoms with E-state index in [-0.39, 0.29) is 11.3 Å². The number of carbonyl (C=O) groups is 1. The fourth-order valence-electron chi connectivity index (χ4n) is 2.12. The van der Waals surface area contributed by atoms with Gasteiger partial charge in [0.2, 0.25) is 0 Å². The van der Waals surface area contributed by atoms with E-state index in [1.165, 1.54) is 12.1 Å². The molecule has 0 unspecified atom stereocenters. The molecule has 1 atom stereocenters. The lowest BCUT2D eigenvalue weighted by atomic mass is 10.1. The zero-order chi connectivity index (χ0) is 12.4.